The molecule has 8 atom stereocenters. The van der Waals surface area contributed by atoms with Gasteiger partial charge in [0.1, 0.15) is 17.6 Å². The van der Waals surface area contributed by atoms with Gasteiger partial charge in [0.05, 0.1) is 59.7 Å². The lowest BCUT2D eigenvalue weighted by molar-refractivity contribution is -0.206. The Hall–Kier alpha value is -4.42. The normalized spacial score (nSPS) is 32.0. The van der Waals surface area contributed by atoms with Crippen LogP contribution in [-0.2, 0) is 26.2 Å². The largest absolute Gasteiger partial charge is 0.507 e. The van der Waals surface area contributed by atoms with Crippen molar-refractivity contribution in [2.75, 3.05) is 20.8 Å². The Morgan fingerprint density at radius 1 is 1.06 bits per heavy atom. The first-order valence-corrected chi connectivity index (χ1v) is 16.7. The molecule has 16 nitrogen and oxygen atoms in total. The van der Waals surface area contributed by atoms with E-state index >= 15 is 0 Å². The van der Waals surface area contributed by atoms with Gasteiger partial charge in [0.15, 0.2) is 23.2 Å². The minimum atomic E-state index is -3.22. The van der Waals surface area contributed by atoms with Gasteiger partial charge < -0.3 is 50.2 Å². The van der Waals surface area contributed by atoms with Crippen molar-refractivity contribution in [3.8, 4) is 11.5 Å². The number of hydrogen-bond donors (Lipinski definition) is 7. The number of amides is 1. The maximum atomic E-state index is 14.7. The molecule has 1 saturated heterocycles. The van der Waals surface area contributed by atoms with E-state index in [9.17, 15) is 54.6 Å². The van der Waals surface area contributed by atoms with Gasteiger partial charge in [-0.05, 0) is 44.9 Å². The summed E-state index contributed by atoms with van der Waals surface area (Å²) in [5, 5.41) is 70.6. The molecule has 1 fully saturated rings. The number of nitrogens with one attached hydrogen (secondary N) is 1. The minimum Gasteiger partial charge on any atom is -0.507 e. The molecule has 16 heteroatoms. The fourth-order valence-electron chi connectivity index (χ4n) is 8.21. The van der Waals surface area contributed by atoms with E-state index < -0.39 is 141 Å². The number of carbonyl (C=O) groups excluding carboxylic acids is 5. The number of hydrogen-bond acceptors (Lipinski definition) is 15. The standard InChI is InChI=1S/C36H40N2O14/c1-12(2)37-33(48)22-13(3)7-15-8-21(41)36(51-6)32(47)24-17(31(46)35(36,49)25(15)29(22)45)9-16-23(28(24)44)20(40)10-19(26(16)42)38-34-18(11-39)27(43)30(50-5)14(4)52-34/h7,9,12,14,18,21,27,30,34,39,41,43-45,49H,8,10-11H2,1-6H3,(H,37,48)/t14-,18+,21+,27-,30-,34-,35-,36+/m0/s1. The first kappa shape index (κ1) is 37.3. The second-order valence-electron chi connectivity index (χ2n) is 14.0. The number of aliphatic imine (C=N–C) groups is 1. The van der Waals surface area contributed by atoms with Crippen LogP contribution in [0.4, 0.5) is 0 Å². The van der Waals surface area contributed by atoms with Crippen molar-refractivity contribution in [2.45, 2.75) is 88.4 Å². The maximum absolute atomic E-state index is 14.7. The number of aromatic hydroxyl groups is 2. The third-order valence-corrected chi connectivity index (χ3v) is 10.6. The van der Waals surface area contributed by atoms with E-state index in [-0.39, 0.29) is 22.7 Å². The van der Waals surface area contributed by atoms with E-state index in [4.69, 9.17) is 14.2 Å². The number of fused-ring (bicyclic) bond motifs is 5. The minimum absolute atomic E-state index is 0.0178. The van der Waals surface area contributed by atoms with Crippen molar-refractivity contribution in [2.24, 2.45) is 10.9 Å². The summed E-state index contributed by atoms with van der Waals surface area (Å²) in [4.78, 5) is 74.2. The quantitative estimate of drug-likeness (QED) is 0.208. The molecule has 0 spiro atoms. The molecule has 52 heavy (non-hydrogen) atoms. The van der Waals surface area contributed by atoms with Crippen molar-refractivity contribution in [3.63, 3.8) is 0 Å². The number of Topliss-reactive ketones (excluding diaryl/α,β-unsaturated/α-hetero) is 4. The molecule has 7 N–H and O–H groups in total. The van der Waals surface area contributed by atoms with Crippen molar-refractivity contribution in [1.29, 1.82) is 0 Å². The summed E-state index contributed by atoms with van der Waals surface area (Å²) in [7, 11) is 2.28. The van der Waals surface area contributed by atoms with E-state index in [1.165, 1.54) is 20.1 Å². The van der Waals surface area contributed by atoms with Crippen molar-refractivity contribution >= 4 is 34.8 Å². The topological polar surface area (TPSA) is 259 Å². The molecular weight excluding hydrogens is 684 g/mol. The number of phenolic OH excluding ortho intramolecular Hbond substituents is 2. The van der Waals surface area contributed by atoms with Crippen LogP contribution >= 0.6 is 0 Å². The lowest BCUT2D eigenvalue weighted by Gasteiger charge is -2.53. The molecule has 6 rings (SSSR count). The summed E-state index contributed by atoms with van der Waals surface area (Å²) in [6.07, 6.45) is -7.23. The molecule has 0 saturated carbocycles. The number of ketones is 4. The molecule has 2 aromatic rings. The molecular formula is C36H40N2O14. The number of phenols is 2. The molecule has 1 amide bonds. The zero-order valence-electron chi connectivity index (χ0n) is 29.2. The number of benzene rings is 2. The predicted molar refractivity (Wildman–Crippen MR) is 178 cm³/mol. The monoisotopic (exact) mass is 724 g/mol. The van der Waals surface area contributed by atoms with Crippen molar-refractivity contribution in [1.82, 2.24) is 5.32 Å². The number of nitrogens with zero attached hydrogens (tertiary/aromatic N) is 1. The van der Waals surface area contributed by atoms with Crippen molar-refractivity contribution < 1.29 is 68.8 Å². The van der Waals surface area contributed by atoms with E-state index in [0.717, 1.165) is 13.2 Å². The number of ether oxygens (including phenoxy) is 3. The number of carbonyl (C=O) groups is 5. The van der Waals surface area contributed by atoms with Crippen molar-refractivity contribution in [3.05, 3.63) is 56.6 Å². The van der Waals surface area contributed by atoms with Crippen LogP contribution in [0.15, 0.2) is 17.1 Å². The lowest BCUT2D eigenvalue weighted by atomic mass is 9.56. The Bertz CT molecular complexity index is 1970. The highest BCUT2D eigenvalue weighted by Gasteiger charge is 2.72. The Morgan fingerprint density at radius 3 is 2.33 bits per heavy atom. The fourth-order valence-corrected chi connectivity index (χ4v) is 8.21. The summed E-state index contributed by atoms with van der Waals surface area (Å²) in [5.41, 5.74) is -9.87. The van der Waals surface area contributed by atoms with E-state index in [0.29, 0.717) is 0 Å². The van der Waals surface area contributed by atoms with Gasteiger partial charge in [0.2, 0.25) is 17.3 Å². The maximum Gasteiger partial charge on any atom is 0.255 e. The van der Waals surface area contributed by atoms with Gasteiger partial charge in [-0.15, -0.1) is 0 Å². The Balaban J connectivity index is 1.54. The summed E-state index contributed by atoms with van der Waals surface area (Å²) < 4.78 is 16.6. The molecule has 1 aliphatic heterocycles. The summed E-state index contributed by atoms with van der Waals surface area (Å²) in [6, 6.07) is 1.85. The SMILES string of the molecule is CO[C@@H]1[C@@H](O)[C@@H](CO)[C@@H](N=C2CC(=O)c3c(cc4c(c3O)C(=O)[C@]3(OC)[C@H](O)Cc5cc(C)c(C(=O)NC(C)C)c(O)c5[C@]3(O)C4=O)C2=O)O[C@H]1C. The molecule has 2 aromatic carbocycles. The summed E-state index contributed by atoms with van der Waals surface area (Å²) in [5.74, 6) is -8.30. The Kier molecular flexibility index (Phi) is 9.27. The molecule has 1 heterocycles. The first-order valence-electron chi connectivity index (χ1n) is 16.7. The van der Waals surface area contributed by atoms with E-state index in [1.807, 2.05) is 0 Å². The van der Waals surface area contributed by atoms with Gasteiger partial charge in [0, 0.05) is 43.4 Å². The molecule has 278 valence electrons. The van der Waals surface area contributed by atoms with Gasteiger partial charge in [-0.1, -0.05) is 6.07 Å². The number of methoxy groups -OCH3 is 2. The molecule has 0 bridgehead atoms. The molecule has 0 unspecified atom stereocenters. The highest BCUT2D eigenvalue weighted by molar-refractivity contribution is 6.53. The van der Waals surface area contributed by atoms with Crippen LogP contribution < -0.4 is 5.32 Å². The molecule has 0 aromatic heterocycles. The molecule has 0 radical (unpaired) electrons. The molecule has 4 aliphatic rings. The highest BCUT2D eigenvalue weighted by atomic mass is 16.6. The van der Waals surface area contributed by atoms with Crippen LogP contribution in [0.2, 0.25) is 0 Å². The zero-order chi connectivity index (χ0) is 38.4. The van der Waals surface area contributed by atoms with Crippen LogP contribution in [0, 0.1) is 12.8 Å². The average molecular weight is 725 g/mol. The fraction of sp³-hybridized carbons (Fsp3) is 0.500. The number of aliphatic hydroxyl groups excluding tert-OH is 3. The predicted octanol–water partition coefficient (Wildman–Crippen LogP) is 0.0527. The highest BCUT2D eigenvalue weighted by Crippen LogP contribution is 2.56. The Labute approximate surface area is 297 Å². The van der Waals surface area contributed by atoms with Gasteiger partial charge in [-0.25, -0.2) is 0 Å². The second-order valence-corrected chi connectivity index (χ2v) is 14.0. The number of aryl methyl sites for hydroxylation is 1. The molecule has 3 aliphatic carbocycles. The summed E-state index contributed by atoms with van der Waals surface area (Å²) in [6.45, 7) is 5.80. The first-order chi connectivity index (χ1) is 24.4. The second kappa shape index (κ2) is 12.9. The Morgan fingerprint density at radius 2 is 1.73 bits per heavy atom. The average Bonchev–Trinajstić information content (AvgIpc) is 3.05. The van der Waals surface area contributed by atoms with Gasteiger partial charge in [-0.2, -0.15) is 0 Å². The van der Waals surface area contributed by atoms with Crippen LogP contribution in [0.3, 0.4) is 0 Å². The van der Waals surface area contributed by atoms with E-state index in [1.54, 1.807) is 20.8 Å². The number of aliphatic hydroxyl groups is 4. The van der Waals surface area contributed by atoms with Crippen LogP contribution in [0.25, 0.3) is 0 Å². The number of rotatable bonds is 6. The van der Waals surface area contributed by atoms with Gasteiger partial charge >= 0.3 is 0 Å². The van der Waals surface area contributed by atoms with Crippen LogP contribution in [-0.4, -0.2) is 129 Å². The van der Waals surface area contributed by atoms with Crippen LogP contribution in [0.1, 0.15) is 95.7 Å². The van der Waals surface area contributed by atoms with Gasteiger partial charge in [0.25, 0.3) is 5.91 Å². The lowest BCUT2D eigenvalue weighted by Crippen LogP contribution is -2.73. The van der Waals surface area contributed by atoms with Gasteiger partial charge in [-0.3, -0.25) is 29.0 Å². The van der Waals surface area contributed by atoms with E-state index in [2.05, 4.69) is 10.3 Å². The zero-order valence-corrected chi connectivity index (χ0v) is 29.2. The van der Waals surface area contributed by atoms with Crippen LogP contribution in [0.5, 0.6) is 11.5 Å². The smallest absolute Gasteiger partial charge is 0.255 e. The third kappa shape index (κ3) is 4.93. The third-order valence-electron chi connectivity index (χ3n) is 10.6. The summed E-state index contributed by atoms with van der Waals surface area (Å²) >= 11 is 0.